The standard InChI is InChI=1S/C21H21N5O2S/c1-15-13-19(16(2)26(15)21-22-8-12-29-21)20(27)24-17-5-3-6-18(14-17)28-11-10-25-9-4-7-23-25/h3-9,12-14H,10-11H2,1-2H3,(H,24,27). The minimum absolute atomic E-state index is 0.158. The molecule has 1 amide bonds. The Morgan fingerprint density at radius 2 is 2.10 bits per heavy atom. The lowest BCUT2D eigenvalue weighted by atomic mass is 10.2. The third-order valence-electron chi connectivity index (χ3n) is 4.53. The van der Waals surface area contributed by atoms with Crippen molar-refractivity contribution in [1.82, 2.24) is 19.3 Å². The van der Waals surface area contributed by atoms with Gasteiger partial charge in [0.05, 0.1) is 12.1 Å². The van der Waals surface area contributed by atoms with Gasteiger partial charge in [-0.2, -0.15) is 5.10 Å². The number of hydrogen-bond acceptors (Lipinski definition) is 5. The summed E-state index contributed by atoms with van der Waals surface area (Å²) in [6.45, 7) is 5.05. The maximum atomic E-state index is 12.9. The van der Waals surface area contributed by atoms with Crippen molar-refractivity contribution in [3.05, 3.63) is 77.3 Å². The molecule has 0 bridgehead atoms. The number of carbonyl (C=O) groups excluding carboxylic acids is 1. The quantitative estimate of drug-likeness (QED) is 0.501. The Labute approximate surface area is 172 Å². The van der Waals surface area contributed by atoms with Gasteiger partial charge in [-0.25, -0.2) is 4.98 Å². The minimum atomic E-state index is -0.158. The number of carbonyl (C=O) groups is 1. The molecule has 0 aliphatic carbocycles. The van der Waals surface area contributed by atoms with Crippen molar-refractivity contribution in [2.24, 2.45) is 0 Å². The summed E-state index contributed by atoms with van der Waals surface area (Å²) in [7, 11) is 0. The first-order chi connectivity index (χ1) is 14.1. The van der Waals surface area contributed by atoms with E-state index in [9.17, 15) is 4.79 Å². The number of thiazole rings is 1. The molecule has 1 aromatic carbocycles. The number of hydrogen-bond donors (Lipinski definition) is 1. The highest BCUT2D eigenvalue weighted by atomic mass is 32.1. The molecule has 1 N–H and O–H groups in total. The second kappa shape index (κ2) is 8.32. The first kappa shape index (κ1) is 18.9. The van der Waals surface area contributed by atoms with Gasteiger partial charge in [-0.05, 0) is 38.1 Å². The van der Waals surface area contributed by atoms with E-state index in [1.165, 1.54) is 11.3 Å². The fraction of sp³-hybridized carbons (Fsp3) is 0.190. The van der Waals surface area contributed by atoms with Gasteiger partial charge in [-0.1, -0.05) is 6.07 Å². The third kappa shape index (κ3) is 4.22. The molecule has 29 heavy (non-hydrogen) atoms. The number of anilines is 1. The molecule has 0 atom stereocenters. The molecule has 0 saturated heterocycles. The molecule has 0 unspecified atom stereocenters. The van der Waals surface area contributed by atoms with Crippen LogP contribution in [0, 0.1) is 13.8 Å². The smallest absolute Gasteiger partial charge is 0.257 e. The van der Waals surface area contributed by atoms with E-state index in [2.05, 4.69) is 15.4 Å². The summed E-state index contributed by atoms with van der Waals surface area (Å²) in [6, 6.07) is 11.2. The molecule has 7 nitrogen and oxygen atoms in total. The molecule has 8 heteroatoms. The summed E-state index contributed by atoms with van der Waals surface area (Å²) in [4.78, 5) is 17.2. The minimum Gasteiger partial charge on any atom is -0.492 e. The Hall–Kier alpha value is -3.39. The summed E-state index contributed by atoms with van der Waals surface area (Å²) in [5.74, 6) is 0.540. The van der Waals surface area contributed by atoms with Gasteiger partial charge in [0.2, 0.25) is 0 Å². The fourth-order valence-electron chi connectivity index (χ4n) is 3.17. The van der Waals surface area contributed by atoms with Crippen LogP contribution in [0.5, 0.6) is 5.75 Å². The molecule has 0 radical (unpaired) electrons. The van der Waals surface area contributed by atoms with Crippen LogP contribution in [0.2, 0.25) is 0 Å². The number of aryl methyl sites for hydroxylation is 1. The van der Waals surface area contributed by atoms with Gasteiger partial charge in [-0.3, -0.25) is 14.0 Å². The number of rotatable bonds is 7. The van der Waals surface area contributed by atoms with Crippen molar-refractivity contribution < 1.29 is 9.53 Å². The Balaban J connectivity index is 1.44. The average molecular weight is 407 g/mol. The zero-order valence-corrected chi connectivity index (χ0v) is 17.0. The number of nitrogens with one attached hydrogen (secondary N) is 1. The van der Waals surface area contributed by atoms with Gasteiger partial charge in [0.15, 0.2) is 5.13 Å². The monoisotopic (exact) mass is 407 g/mol. The van der Waals surface area contributed by atoms with Crippen molar-refractivity contribution in [2.75, 3.05) is 11.9 Å². The molecule has 148 valence electrons. The molecule has 0 saturated carbocycles. The van der Waals surface area contributed by atoms with Crippen LogP contribution in [-0.4, -0.2) is 31.8 Å². The van der Waals surface area contributed by atoms with Gasteiger partial charge in [-0.15, -0.1) is 11.3 Å². The molecular weight excluding hydrogens is 386 g/mol. The van der Waals surface area contributed by atoms with E-state index >= 15 is 0 Å². The lowest BCUT2D eigenvalue weighted by Crippen LogP contribution is -2.13. The van der Waals surface area contributed by atoms with E-state index in [0.717, 1.165) is 16.5 Å². The second-order valence-corrected chi connectivity index (χ2v) is 7.41. The van der Waals surface area contributed by atoms with Crippen LogP contribution >= 0.6 is 11.3 Å². The summed E-state index contributed by atoms with van der Waals surface area (Å²) < 4.78 is 9.58. The maximum Gasteiger partial charge on any atom is 0.257 e. The largest absolute Gasteiger partial charge is 0.492 e. The van der Waals surface area contributed by atoms with Gasteiger partial charge in [0, 0.05) is 47.1 Å². The highest BCUT2D eigenvalue weighted by molar-refractivity contribution is 7.12. The van der Waals surface area contributed by atoms with E-state index in [4.69, 9.17) is 4.74 Å². The highest BCUT2D eigenvalue weighted by Gasteiger charge is 2.18. The topological polar surface area (TPSA) is 74.0 Å². The zero-order chi connectivity index (χ0) is 20.2. The number of ether oxygens (including phenoxy) is 1. The Kier molecular flexibility index (Phi) is 5.44. The van der Waals surface area contributed by atoms with E-state index in [1.807, 2.05) is 71.1 Å². The van der Waals surface area contributed by atoms with E-state index in [1.54, 1.807) is 12.4 Å². The van der Waals surface area contributed by atoms with Gasteiger partial charge in [0.25, 0.3) is 5.91 Å². The van der Waals surface area contributed by atoms with Crippen LogP contribution in [-0.2, 0) is 6.54 Å². The molecule has 0 aliphatic rings. The van der Waals surface area contributed by atoms with Crippen LogP contribution in [0.15, 0.2) is 60.4 Å². The highest BCUT2D eigenvalue weighted by Crippen LogP contribution is 2.24. The summed E-state index contributed by atoms with van der Waals surface area (Å²) in [5, 5.41) is 9.89. The summed E-state index contributed by atoms with van der Waals surface area (Å²) >= 11 is 1.54. The Morgan fingerprint density at radius 1 is 1.21 bits per heavy atom. The Bertz CT molecular complexity index is 1100. The number of amides is 1. The van der Waals surface area contributed by atoms with E-state index in [0.29, 0.717) is 30.2 Å². The van der Waals surface area contributed by atoms with Crippen molar-refractivity contribution in [3.8, 4) is 10.9 Å². The number of nitrogens with zero attached hydrogens (tertiary/aromatic N) is 4. The van der Waals surface area contributed by atoms with Crippen molar-refractivity contribution in [3.63, 3.8) is 0 Å². The van der Waals surface area contributed by atoms with Gasteiger partial charge < -0.3 is 10.1 Å². The van der Waals surface area contributed by atoms with E-state index < -0.39 is 0 Å². The molecule has 0 aliphatic heterocycles. The lowest BCUT2D eigenvalue weighted by molar-refractivity contribution is 0.102. The van der Waals surface area contributed by atoms with Crippen molar-refractivity contribution >= 4 is 22.9 Å². The molecule has 0 spiro atoms. The molecule has 3 heterocycles. The predicted molar refractivity (Wildman–Crippen MR) is 113 cm³/mol. The molecule has 0 fully saturated rings. The zero-order valence-electron chi connectivity index (χ0n) is 16.2. The molecule has 4 rings (SSSR count). The van der Waals surface area contributed by atoms with E-state index in [-0.39, 0.29) is 5.91 Å². The first-order valence-corrected chi connectivity index (χ1v) is 10.1. The number of aromatic nitrogens is 4. The second-order valence-electron chi connectivity index (χ2n) is 6.53. The normalized spacial score (nSPS) is 10.8. The Morgan fingerprint density at radius 3 is 2.86 bits per heavy atom. The van der Waals surface area contributed by atoms with Crippen molar-refractivity contribution in [1.29, 1.82) is 0 Å². The van der Waals surface area contributed by atoms with Crippen LogP contribution < -0.4 is 10.1 Å². The molecular formula is C21H21N5O2S. The van der Waals surface area contributed by atoms with Gasteiger partial charge in [0.1, 0.15) is 12.4 Å². The fourth-order valence-corrected chi connectivity index (χ4v) is 3.92. The summed E-state index contributed by atoms with van der Waals surface area (Å²) in [6.07, 6.45) is 5.39. The predicted octanol–water partition coefficient (Wildman–Crippen LogP) is 4.08. The van der Waals surface area contributed by atoms with Crippen molar-refractivity contribution in [2.45, 2.75) is 20.4 Å². The molecule has 4 aromatic rings. The number of benzene rings is 1. The first-order valence-electron chi connectivity index (χ1n) is 9.22. The van der Waals surface area contributed by atoms with Crippen LogP contribution in [0.1, 0.15) is 21.7 Å². The SMILES string of the molecule is Cc1cc(C(=O)Nc2cccc(OCCn3cccn3)c2)c(C)n1-c1nccs1. The van der Waals surface area contributed by atoms with Crippen LogP contribution in [0.3, 0.4) is 0 Å². The summed E-state index contributed by atoms with van der Waals surface area (Å²) in [5.41, 5.74) is 3.15. The van der Waals surface area contributed by atoms with Crippen LogP contribution in [0.4, 0.5) is 5.69 Å². The maximum absolute atomic E-state index is 12.9. The lowest BCUT2D eigenvalue weighted by Gasteiger charge is -2.10. The average Bonchev–Trinajstić information content (AvgIpc) is 3.44. The third-order valence-corrected chi connectivity index (χ3v) is 5.28. The molecule has 3 aromatic heterocycles. The van der Waals surface area contributed by atoms with Gasteiger partial charge >= 0.3 is 0 Å². The van der Waals surface area contributed by atoms with Crippen LogP contribution in [0.25, 0.3) is 5.13 Å².